The summed E-state index contributed by atoms with van der Waals surface area (Å²) < 4.78 is 37.1. The number of piperazine rings is 1. The number of hydrogen-bond donors (Lipinski definition) is 1. The van der Waals surface area contributed by atoms with Crippen molar-refractivity contribution in [3.05, 3.63) is 0 Å². The second-order valence-electron chi connectivity index (χ2n) is 5.05. The highest BCUT2D eigenvalue weighted by Crippen LogP contribution is 2.23. The number of hydrogen-bond acceptors (Lipinski definition) is 2. The van der Waals surface area contributed by atoms with Crippen molar-refractivity contribution in [1.29, 1.82) is 0 Å². The summed E-state index contributed by atoms with van der Waals surface area (Å²) in [5.41, 5.74) is 0. The first-order valence-corrected chi connectivity index (χ1v) is 6.97. The minimum atomic E-state index is -4.33. The van der Waals surface area contributed by atoms with E-state index < -0.39 is 37.1 Å². The standard InChI is InChI=1S/C13H21F3N2O2/c1-3-5-9-12(20)18(8-7-13(14,15)16)10(6-4-2)11(19)17-9/h9-10H,3-8H2,1-2H3,(H,17,19). The van der Waals surface area contributed by atoms with Gasteiger partial charge in [0.1, 0.15) is 12.1 Å². The molecule has 4 nitrogen and oxygen atoms in total. The molecular formula is C13H21F3N2O2. The summed E-state index contributed by atoms with van der Waals surface area (Å²) in [6, 6.07) is -1.46. The van der Waals surface area contributed by atoms with Crippen molar-refractivity contribution < 1.29 is 22.8 Å². The molecule has 1 fully saturated rings. The highest BCUT2D eigenvalue weighted by atomic mass is 19.4. The number of nitrogens with one attached hydrogen (secondary N) is 1. The zero-order chi connectivity index (χ0) is 15.3. The zero-order valence-electron chi connectivity index (χ0n) is 11.8. The monoisotopic (exact) mass is 294 g/mol. The van der Waals surface area contributed by atoms with E-state index in [0.717, 1.165) is 4.90 Å². The molecule has 0 radical (unpaired) electrons. The van der Waals surface area contributed by atoms with E-state index in [1.54, 1.807) is 0 Å². The maximum atomic E-state index is 12.4. The van der Waals surface area contributed by atoms with Gasteiger partial charge < -0.3 is 10.2 Å². The first-order chi connectivity index (χ1) is 9.30. The van der Waals surface area contributed by atoms with Crippen LogP contribution in [0.3, 0.4) is 0 Å². The Morgan fingerprint density at radius 2 is 1.75 bits per heavy atom. The molecule has 0 bridgehead atoms. The second kappa shape index (κ2) is 6.95. The molecule has 0 aromatic rings. The Labute approximate surface area is 116 Å². The molecule has 1 heterocycles. The summed E-state index contributed by atoms with van der Waals surface area (Å²) in [6.07, 6.45) is -3.26. The van der Waals surface area contributed by atoms with Gasteiger partial charge in [-0.05, 0) is 12.8 Å². The summed E-state index contributed by atoms with van der Waals surface area (Å²) in [6.45, 7) is 3.25. The van der Waals surface area contributed by atoms with E-state index in [9.17, 15) is 22.8 Å². The number of nitrogens with zero attached hydrogens (tertiary/aromatic N) is 1. The van der Waals surface area contributed by atoms with Gasteiger partial charge in [0.25, 0.3) is 0 Å². The maximum absolute atomic E-state index is 12.4. The predicted molar refractivity (Wildman–Crippen MR) is 67.9 cm³/mol. The molecule has 2 unspecified atom stereocenters. The topological polar surface area (TPSA) is 49.4 Å². The van der Waals surface area contributed by atoms with Gasteiger partial charge in [-0.3, -0.25) is 9.59 Å². The van der Waals surface area contributed by atoms with Gasteiger partial charge in [0.05, 0.1) is 6.42 Å². The van der Waals surface area contributed by atoms with Crippen LogP contribution in [0.5, 0.6) is 0 Å². The van der Waals surface area contributed by atoms with E-state index in [4.69, 9.17) is 0 Å². The SMILES string of the molecule is CCCC1NC(=O)C(CCC)N(CCC(F)(F)F)C1=O. The molecule has 0 aliphatic carbocycles. The summed E-state index contributed by atoms with van der Waals surface area (Å²) in [5, 5.41) is 2.62. The fraction of sp³-hybridized carbons (Fsp3) is 0.846. The summed E-state index contributed by atoms with van der Waals surface area (Å²) >= 11 is 0. The molecule has 20 heavy (non-hydrogen) atoms. The first kappa shape index (κ1) is 16.8. The van der Waals surface area contributed by atoms with Crippen molar-refractivity contribution in [1.82, 2.24) is 10.2 Å². The Bertz CT molecular complexity index is 358. The minimum absolute atomic E-state index is 0.341. The fourth-order valence-electron chi connectivity index (χ4n) is 2.38. The summed E-state index contributed by atoms with van der Waals surface area (Å²) in [4.78, 5) is 25.3. The molecule has 1 saturated heterocycles. The van der Waals surface area contributed by atoms with Crippen LogP contribution in [0.2, 0.25) is 0 Å². The Hall–Kier alpha value is -1.27. The van der Waals surface area contributed by atoms with Gasteiger partial charge in [0.15, 0.2) is 0 Å². The van der Waals surface area contributed by atoms with E-state index in [-0.39, 0.29) is 5.91 Å². The van der Waals surface area contributed by atoms with E-state index in [0.29, 0.717) is 25.7 Å². The number of carbonyl (C=O) groups is 2. The molecule has 0 saturated carbocycles. The zero-order valence-corrected chi connectivity index (χ0v) is 11.8. The Morgan fingerprint density at radius 1 is 1.15 bits per heavy atom. The molecular weight excluding hydrogens is 273 g/mol. The van der Waals surface area contributed by atoms with Gasteiger partial charge in [-0.1, -0.05) is 26.7 Å². The predicted octanol–water partition coefficient (Wildman–Crippen LogP) is 2.23. The molecule has 116 valence electrons. The third-order valence-corrected chi connectivity index (χ3v) is 3.35. The van der Waals surface area contributed by atoms with Gasteiger partial charge in [-0.2, -0.15) is 13.2 Å². The lowest BCUT2D eigenvalue weighted by Gasteiger charge is -2.39. The largest absolute Gasteiger partial charge is 0.390 e. The van der Waals surface area contributed by atoms with Crippen molar-refractivity contribution in [3.63, 3.8) is 0 Å². The number of halogens is 3. The molecule has 1 aliphatic heterocycles. The van der Waals surface area contributed by atoms with Gasteiger partial charge in [0, 0.05) is 6.54 Å². The van der Waals surface area contributed by atoms with Gasteiger partial charge in [0.2, 0.25) is 11.8 Å². The summed E-state index contributed by atoms with van der Waals surface area (Å²) in [7, 11) is 0. The van der Waals surface area contributed by atoms with Gasteiger partial charge in [-0.15, -0.1) is 0 Å². The van der Waals surface area contributed by atoms with Crippen LogP contribution < -0.4 is 5.32 Å². The Morgan fingerprint density at radius 3 is 2.25 bits per heavy atom. The molecule has 0 aromatic carbocycles. The molecule has 1 rings (SSSR count). The molecule has 2 amide bonds. The lowest BCUT2D eigenvalue weighted by atomic mass is 10.00. The molecule has 7 heteroatoms. The second-order valence-corrected chi connectivity index (χ2v) is 5.05. The Balaban J connectivity index is 2.83. The molecule has 2 atom stereocenters. The number of alkyl halides is 3. The van der Waals surface area contributed by atoms with Crippen molar-refractivity contribution >= 4 is 11.8 Å². The van der Waals surface area contributed by atoms with Crippen LogP contribution in [0.4, 0.5) is 13.2 Å². The molecule has 0 spiro atoms. The van der Waals surface area contributed by atoms with Gasteiger partial charge in [-0.25, -0.2) is 0 Å². The third-order valence-electron chi connectivity index (χ3n) is 3.35. The van der Waals surface area contributed by atoms with Crippen LogP contribution in [0.1, 0.15) is 46.0 Å². The van der Waals surface area contributed by atoms with E-state index in [1.165, 1.54) is 0 Å². The molecule has 1 N–H and O–H groups in total. The average Bonchev–Trinajstić information content (AvgIpc) is 2.34. The van der Waals surface area contributed by atoms with E-state index in [1.807, 2.05) is 13.8 Å². The quantitative estimate of drug-likeness (QED) is 0.816. The van der Waals surface area contributed by atoms with Crippen LogP contribution in [0, 0.1) is 0 Å². The van der Waals surface area contributed by atoms with Crippen LogP contribution in [0.15, 0.2) is 0 Å². The average molecular weight is 294 g/mol. The number of amides is 2. The lowest BCUT2D eigenvalue weighted by Crippen LogP contribution is -2.63. The van der Waals surface area contributed by atoms with Crippen LogP contribution in [0.25, 0.3) is 0 Å². The molecule has 0 aromatic heterocycles. The normalized spacial score (nSPS) is 23.9. The summed E-state index contributed by atoms with van der Waals surface area (Å²) in [5.74, 6) is -0.735. The third kappa shape index (κ3) is 4.38. The highest BCUT2D eigenvalue weighted by molar-refractivity contribution is 5.96. The van der Waals surface area contributed by atoms with Crippen molar-refractivity contribution in [3.8, 4) is 0 Å². The molecule has 1 aliphatic rings. The highest BCUT2D eigenvalue weighted by Gasteiger charge is 2.41. The van der Waals surface area contributed by atoms with Crippen LogP contribution in [-0.2, 0) is 9.59 Å². The lowest BCUT2D eigenvalue weighted by molar-refractivity contribution is -0.158. The van der Waals surface area contributed by atoms with Crippen LogP contribution >= 0.6 is 0 Å². The van der Waals surface area contributed by atoms with Crippen molar-refractivity contribution in [2.45, 2.75) is 64.2 Å². The minimum Gasteiger partial charge on any atom is -0.343 e. The van der Waals surface area contributed by atoms with E-state index >= 15 is 0 Å². The maximum Gasteiger partial charge on any atom is 0.390 e. The Kier molecular flexibility index (Phi) is 5.83. The van der Waals surface area contributed by atoms with Crippen molar-refractivity contribution in [2.75, 3.05) is 6.54 Å². The van der Waals surface area contributed by atoms with Crippen molar-refractivity contribution in [2.24, 2.45) is 0 Å². The first-order valence-electron chi connectivity index (χ1n) is 6.97. The number of carbonyl (C=O) groups excluding carboxylic acids is 2. The van der Waals surface area contributed by atoms with Gasteiger partial charge >= 0.3 is 6.18 Å². The van der Waals surface area contributed by atoms with E-state index in [2.05, 4.69) is 5.32 Å². The number of rotatable bonds is 6. The fourth-order valence-corrected chi connectivity index (χ4v) is 2.38. The van der Waals surface area contributed by atoms with Crippen LogP contribution in [-0.4, -0.2) is 41.5 Å². The smallest absolute Gasteiger partial charge is 0.343 e.